The Morgan fingerprint density at radius 3 is 2.75 bits per heavy atom. The van der Waals surface area contributed by atoms with Gasteiger partial charge in [-0.3, -0.25) is 14.7 Å². The van der Waals surface area contributed by atoms with Gasteiger partial charge < -0.3 is 0 Å². The van der Waals surface area contributed by atoms with E-state index in [2.05, 4.69) is 27.6 Å². The molecule has 1 fully saturated rings. The van der Waals surface area contributed by atoms with Gasteiger partial charge in [0.05, 0.1) is 5.69 Å². The summed E-state index contributed by atoms with van der Waals surface area (Å²) >= 11 is 4.26. The Bertz CT molecular complexity index is 620. The average molecular weight is 286 g/mol. The summed E-state index contributed by atoms with van der Waals surface area (Å²) in [7, 11) is 0. The second kappa shape index (κ2) is 5.58. The van der Waals surface area contributed by atoms with Crippen LogP contribution in [0, 0.1) is 5.92 Å². The molecule has 1 aliphatic rings. The minimum atomic E-state index is 0.0657. The van der Waals surface area contributed by atoms with E-state index in [0.717, 1.165) is 11.3 Å². The molecule has 1 unspecified atom stereocenters. The van der Waals surface area contributed by atoms with Crippen LogP contribution >= 0.6 is 12.6 Å². The first-order valence-electron chi connectivity index (χ1n) is 6.42. The maximum absolute atomic E-state index is 12.0. The van der Waals surface area contributed by atoms with Gasteiger partial charge in [-0.1, -0.05) is 0 Å². The Morgan fingerprint density at radius 2 is 2.05 bits per heavy atom. The van der Waals surface area contributed by atoms with Gasteiger partial charge >= 0.3 is 0 Å². The highest BCUT2D eigenvalue weighted by Gasteiger charge is 2.31. The molecule has 1 aliphatic heterocycles. The molecule has 20 heavy (non-hydrogen) atoms. The standard InChI is InChI=1S/C14H14N4OS/c19-13-7-10(9-20)8-18(13)14-16-6-3-12(17-14)11-1-4-15-5-2-11/h1-6,10,20H,7-9H2. The summed E-state index contributed by atoms with van der Waals surface area (Å²) in [6, 6.07) is 5.60. The van der Waals surface area contributed by atoms with Crippen LogP contribution in [0.15, 0.2) is 36.8 Å². The quantitative estimate of drug-likeness (QED) is 0.874. The Labute approximate surface area is 122 Å². The number of amides is 1. The number of aromatic nitrogens is 3. The number of rotatable bonds is 3. The van der Waals surface area contributed by atoms with E-state index in [1.807, 2.05) is 18.2 Å². The highest BCUT2D eigenvalue weighted by atomic mass is 32.1. The molecule has 0 spiro atoms. The Morgan fingerprint density at radius 1 is 1.25 bits per heavy atom. The third kappa shape index (κ3) is 2.51. The van der Waals surface area contributed by atoms with E-state index in [4.69, 9.17) is 0 Å². The minimum Gasteiger partial charge on any atom is -0.280 e. The lowest BCUT2D eigenvalue weighted by molar-refractivity contribution is -0.117. The number of pyridine rings is 1. The van der Waals surface area contributed by atoms with Crippen molar-refractivity contribution in [1.82, 2.24) is 15.0 Å². The fraction of sp³-hybridized carbons (Fsp3) is 0.286. The van der Waals surface area contributed by atoms with Crippen molar-refractivity contribution in [2.75, 3.05) is 17.2 Å². The monoisotopic (exact) mass is 286 g/mol. The summed E-state index contributed by atoms with van der Waals surface area (Å²) in [5.41, 5.74) is 1.75. The molecule has 0 aliphatic carbocycles. The Balaban J connectivity index is 1.91. The zero-order chi connectivity index (χ0) is 13.9. The molecule has 102 valence electrons. The molecule has 1 atom stereocenters. The van der Waals surface area contributed by atoms with Gasteiger partial charge in [0.2, 0.25) is 11.9 Å². The molecule has 6 heteroatoms. The van der Waals surface area contributed by atoms with Crippen molar-refractivity contribution in [3.05, 3.63) is 36.8 Å². The molecule has 0 N–H and O–H groups in total. The van der Waals surface area contributed by atoms with E-state index in [1.165, 1.54) is 0 Å². The molecule has 0 bridgehead atoms. The van der Waals surface area contributed by atoms with Crippen molar-refractivity contribution >= 4 is 24.5 Å². The van der Waals surface area contributed by atoms with Gasteiger partial charge in [-0.15, -0.1) is 0 Å². The number of anilines is 1. The Hall–Kier alpha value is -1.95. The van der Waals surface area contributed by atoms with Gasteiger partial charge in [-0.25, -0.2) is 9.97 Å². The zero-order valence-electron chi connectivity index (χ0n) is 10.8. The molecular formula is C14H14N4OS. The van der Waals surface area contributed by atoms with Gasteiger partial charge in [0.15, 0.2) is 0 Å². The van der Waals surface area contributed by atoms with Crippen LogP contribution in [0.2, 0.25) is 0 Å². The summed E-state index contributed by atoms with van der Waals surface area (Å²) in [6.45, 7) is 0.641. The van der Waals surface area contributed by atoms with Crippen molar-refractivity contribution in [2.24, 2.45) is 5.92 Å². The fourth-order valence-corrected chi connectivity index (χ4v) is 2.50. The highest BCUT2D eigenvalue weighted by molar-refractivity contribution is 7.80. The largest absolute Gasteiger partial charge is 0.280 e. The predicted molar refractivity (Wildman–Crippen MR) is 79.6 cm³/mol. The van der Waals surface area contributed by atoms with Gasteiger partial charge in [0.1, 0.15) is 0 Å². The molecule has 0 aromatic carbocycles. The van der Waals surface area contributed by atoms with E-state index in [0.29, 0.717) is 24.7 Å². The van der Waals surface area contributed by atoms with Crippen LogP contribution in [0.3, 0.4) is 0 Å². The van der Waals surface area contributed by atoms with Crippen molar-refractivity contribution in [2.45, 2.75) is 6.42 Å². The number of hydrogen-bond acceptors (Lipinski definition) is 5. The van der Waals surface area contributed by atoms with Gasteiger partial charge in [-0.05, 0) is 29.9 Å². The fourth-order valence-electron chi connectivity index (χ4n) is 2.26. The SMILES string of the molecule is O=C1CC(CS)CN1c1nccc(-c2ccncc2)n1. The molecule has 2 aromatic rings. The van der Waals surface area contributed by atoms with E-state index < -0.39 is 0 Å². The molecule has 1 saturated heterocycles. The summed E-state index contributed by atoms with van der Waals surface area (Å²) in [5, 5.41) is 0. The zero-order valence-corrected chi connectivity index (χ0v) is 11.7. The summed E-state index contributed by atoms with van der Waals surface area (Å²) in [5.74, 6) is 1.51. The predicted octanol–water partition coefficient (Wildman–Crippen LogP) is 1.82. The third-order valence-corrected chi connectivity index (χ3v) is 3.84. The topological polar surface area (TPSA) is 59.0 Å². The minimum absolute atomic E-state index is 0.0657. The first kappa shape index (κ1) is 13.1. The van der Waals surface area contributed by atoms with E-state index in [-0.39, 0.29) is 11.8 Å². The number of nitrogens with zero attached hydrogens (tertiary/aromatic N) is 4. The molecule has 3 rings (SSSR count). The third-order valence-electron chi connectivity index (χ3n) is 3.32. The van der Waals surface area contributed by atoms with Crippen LogP contribution in [0.5, 0.6) is 0 Å². The molecule has 1 amide bonds. The van der Waals surface area contributed by atoms with Crippen LogP contribution < -0.4 is 4.90 Å². The maximum atomic E-state index is 12.0. The number of carbonyl (C=O) groups is 1. The highest BCUT2D eigenvalue weighted by Crippen LogP contribution is 2.24. The summed E-state index contributed by atoms with van der Waals surface area (Å²) < 4.78 is 0. The van der Waals surface area contributed by atoms with Crippen LogP contribution in [0.4, 0.5) is 5.95 Å². The second-order valence-corrected chi connectivity index (χ2v) is 5.10. The first-order chi connectivity index (χ1) is 9.78. The van der Waals surface area contributed by atoms with Crippen LogP contribution in [-0.4, -0.2) is 33.2 Å². The van der Waals surface area contributed by atoms with Gasteiger partial charge in [0, 0.05) is 37.1 Å². The van der Waals surface area contributed by atoms with Crippen molar-refractivity contribution in [1.29, 1.82) is 0 Å². The Kier molecular flexibility index (Phi) is 3.64. The number of thiol groups is 1. The lowest BCUT2D eigenvalue weighted by Crippen LogP contribution is -2.26. The second-order valence-electron chi connectivity index (χ2n) is 4.73. The van der Waals surface area contributed by atoms with E-state index in [9.17, 15) is 4.79 Å². The normalized spacial score (nSPS) is 18.6. The molecule has 5 nitrogen and oxygen atoms in total. The van der Waals surface area contributed by atoms with E-state index >= 15 is 0 Å². The van der Waals surface area contributed by atoms with Crippen LogP contribution in [0.1, 0.15) is 6.42 Å². The smallest absolute Gasteiger partial charge is 0.232 e. The van der Waals surface area contributed by atoms with Gasteiger partial charge in [0.25, 0.3) is 0 Å². The summed E-state index contributed by atoms with van der Waals surface area (Å²) in [6.07, 6.45) is 5.63. The molecule has 0 saturated carbocycles. The molecule has 2 aromatic heterocycles. The van der Waals surface area contributed by atoms with E-state index in [1.54, 1.807) is 23.5 Å². The van der Waals surface area contributed by atoms with Crippen LogP contribution in [0.25, 0.3) is 11.3 Å². The molecule has 3 heterocycles. The van der Waals surface area contributed by atoms with Crippen molar-refractivity contribution in [3.63, 3.8) is 0 Å². The average Bonchev–Trinajstić information content (AvgIpc) is 2.89. The summed E-state index contributed by atoms with van der Waals surface area (Å²) in [4.78, 5) is 26.3. The molecular weight excluding hydrogens is 272 g/mol. The number of hydrogen-bond donors (Lipinski definition) is 1. The first-order valence-corrected chi connectivity index (χ1v) is 7.06. The lowest BCUT2D eigenvalue weighted by Gasteiger charge is -2.14. The molecule has 0 radical (unpaired) electrons. The maximum Gasteiger partial charge on any atom is 0.232 e. The van der Waals surface area contributed by atoms with Crippen molar-refractivity contribution < 1.29 is 4.79 Å². The van der Waals surface area contributed by atoms with Crippen molar-refractivity contribution in [3.8, 4) is 11.3 Å². The van der Waals surface area contributed by atoms with Crippen LogP contribution in [-0.2, 0) is 4.79 Å². The number of carbonyl (C=O) groups excluding carboxylic acids is 1. The lowest BCUT2D eigenvalue weighted by atomic mass is 10.1. The van der Waals surface area contributed by atoms with Gasteiger partial charge in [-0.2, -0.15) is 12.6 Å².